The first kappa shape index (κ1) is 19.5. The number of nitrogens with zero attached hydrogens (tertiary/aromatic N) is 1. The Morgan fingerprint density at radius 3 is 2.30 bits per heavy atom. The van der Waals surface area contributed by atoms with Crippen LogP contribution >= 0.6 is 11.6 Å². The van der Waals surface area contributed by atoms with Gasteiger partial charge in [-0.2, -0.15) is 0 Å². The monoisotopic (exact) mass is 338 g/mol. The summed E-state index contributed by atoms with van der Waals surface area (Å²) in [5.74, 6) is -0.119. The van der Waals surface area contributed by atoms with E-state index in [1.807, 2.05) is 32.9 Å². The third kappa shape index (κ3) is 6.22. The normalized spacial score (nSPS) is 13.3. The summed E-state index contributed by atoms with van der Waals surface area (Å²) < 4.78 is 0. The summed E-state index contributed by atoms with van der Waals surface area (Å²) in [7, 11) is 0. The van der Waals surface area contributed by atoms with Crippen molar-refractivity contribution in [2.75, 3.05) is 0 Å². The Labute approximate surface area is 144 Å². The van der Waals surface area contributed by atoms with E-state index < -0.39 is 6.04 Å². The highest BCUT2D eigenvalue weighted by Crippen LogP contribution is 2.15. The predicted molar refractivity (Wildman–Crippen MR) is 94.3 cm³/mol. The maximum atomic E-state index is 12.4. The first-order valence-corrected chi connectivity index (χ1v) is 8.61. The minimum atomic E-state index is -0.501. The van der Waals surface area contributed by atoms with E-state index in [0.29, 0.717) is 18.0 Å². The molecule has 0 aliphatic carbocycles. The Morgan fingerprint density at radius 2 is 1.78 bits per heavy atom. The fraction of sp³-hybridized carbons (Fsp3) is 0.556. The molecule has 4 nitrogen and oxygen atoms in total. The van der Waals surface area contributed by atoms with Gasteiger partial charge in [0.05, 0.1) is 0 Å². The van der Waals surface area contributed by atoms with Crippen molar-refractivity contribution in [1.82, 2.24) is 10.2 Å². The van der Waals surface area contributed by atoms with Gasteiger partial charge in [-0.1, -0.05) is 37.6 Å². The van der Waals surface area contributed by atoms with Crippen LogP contribution in [-0.4, -0.2) is 28.8 Å². The molecule has 5 heteroatoms. The Balaban J connectivity index is 2.88. The third-order valence-corrected chi connectivity index (χ3v) is 4.15. The largest absolute Gasteiger partial charge is 0.352 e. The minimum absolute atomic E-state index is 0.00532. The average molecular weight is 339 g/mol. The first-order valence-electron chi connectivity index (χ1n) is 8.23. The molecule has 1 N–H and O–H groups in total. The fourth-order valence-corrected chi connectivity index (χ4v) is 2.32. The van der Waals surface area contributed by atoms with Gasteiger partial charge in [-0.3, -0.25) is 9.59 Å². The molecule has 2 unspecified atom stereocenters. The molecular weight excluding hydrogens is 312 g/mol. The minimum Gasteiger partial charge on any atom is -0.352 e. The number of carbonyl (C=O) groups excluding carboxylic acids is 2. The molecular formula is C18H27ClN2O2. The van der Waals surface area contributed by atoms with Crippen molar-refractivity contribution < 1.29 is 9.59 Å². The second-order valence-corrected chi connectivity index (χ2v) is 6.33. The Bertz CT molecular complexity index is 516. The van der Waals surface area contributed by atoms with Crippen molar-refractivity contribution in [1.29, 1.82) is 0 Å². The summed E-state index contributed by atoms with van der Waals surface area (Å²) in [6.07, 6.45) is 2.06. The van der Waals surface area contributed by atoms with Crippen molar-refractivity contribution in [2.45, 2.75) is 65.6 Å². The summed E-state index contributed by atoms with van der Waals surface area (Å²) in [5, 5.41) is 3.60. The predicted octanol–water partition coefficient (Wildman–Crippen LogP) is 3.77. The number of benzene rings is 1. The lowest BCUT2D eigenvalue weighted by atomic mass is 10.1. The van der Waals surface area contributed by atoms with Crippen molar-refractivity contribution in [3.63, 3.8) is 0 Å². The van der Waals surface area contributed by atoms with Crippen molar-refractivity contribution >= 4 is 23.4 Å². The van der Waals surface area contributed by atoms with Gasteiger partial charge >= 0.3 is 0 Å². The first-order chi connectivity index (χ1) is 10.9. The molecule has 0 heterocycles. The van der Waals surface area contributed by atoms with Crippen molar-refractivity contribution in [2.24, 2.45) is 0 Å². The van der Waals surface area contributed by atoms with Gasteiger partial charge < -0.3 is 10.2 Å². The van der Waals surface area contributed by atoms with E-state index >= 15 is 0 Å². The van der Waals surface area contributed by atoms with Gasteiger partial charge in [0.15, 0.2) is 0 Å². The van der Waals surface area contributed by atoms with Crippen LogP contribution in [0.2, 0.25) is 5.02 Å². The zero-order chi connectivity index (χ0) is 17.4. The lowest BCUT2D eigenvalue weighted by Gasteiger charge is -2.29. The molecule has 0 saturated carbocycles. The zero-order valence-corrected chi connectivity index (χ0v) is 15.2. The van der Waals surface area contributed by atoms with Crippen LogP contribution in [0.15, 0.2) is 24.3 Å². The summed E-state index contributed by atoms with van der Waals surface area (Å²) in [6, 6.07) is 6.95. The number of rotatable bonds is 8. The molecule has 1 rings (SSSR count). The molecule has 23 heavy (non-hydrogen) atoms. The second-order valence-electron chi connectivity index (χ2n) is 5.89. The van der Waals surface area contributed by atoms with Crippen LogP contribution in [0.25, 0.3) is 0 Å². The van der Waals surface area contributed by atoms with Gasteiger partial charge in [-0.05, 0) is 44.4 Å². The average Bonchev–Trinajstić information content (AvgIpc) is 2.53. The highest BCUT2D eigenvalue weighted by atomic mass is 35.5. The summed E-state index contributed by atoms with van der Waals surface area (Å²) in [6.45, 7) is 8.12. The molecule has 0 aliphatic heterocycles. The highest BCUT2D eigenvalue weighted by molar-refractivity contribution is 6.30. The Hall–Kier alpha value is -1.55. The van der Waals surface area contributed by atoms with Crippen LogP contribution in [0.3, 0.4) is 0 Å². The van der Waals surface area contributed by atoms with Crippen LogP contribution in [0.1, 0.15) is 52.5 Å². The Kier molecular flexibility index (Phi) is 8.10. The molecule has 128 valence electrons. The lowest BCUT2D eigenvalue weighted by molar-refractivity contribution is -0.140. The van der Waals surface area contributed by atoms with Gasteiger partial charge in [-0.25, -0.2) is 0 Å². The molecule has 0 saturated heterocycles. The van der Waals surface area contributed by atoms with Gasteiger partial charge in [0.2, 0.25) is 11.8 Å². The molecule has 2 atom stereocenters. The molecule has 0 spiro atoms. The van der Waals surface area contributed by atoms with E-state index in [4.69, 9.17) is 11.6 Å². The van der Waals surface area contributed by atoms with Gasteiger partial charge in [0.1, 0.15) is 6.04 Å². The van der Waals surface area contributed by atoms with Crippen LogP contribution in [0, 0.1) is 0 Å². The molecule has 0 fully saturated rings. The third-order valence-electron chi connectivity index (χ3n) is 3.90. The molecule has 0 aliphatic rings. The van der Waals surface area contributed by atoms with E-state index in [9.17, 15) is 9.59 Å². The number of amides is 2. The van der Waals surface area contributed by atoms with Crippen molar-refractivity contribution in [3.8, 4) is 0 Å². The standard InChI is InChI=1S/C18H27ClN2O2/c1-5-7-17(22)21(12-15-8-10-16(19)11-9-15)14(4)18(23)20-13(3)6-2/h8-11,13-14H,5-7,12H2,1-4H3,(H,20,23). The molecule has 0 aromatic heterocycles. The molecule has 2 amide bonds. The van der Waals surface area contributed by atoms with Gasteiger partial charge in [-0.15, -0.1) is 0 Å². The van der Waals surface area contributed by atoms with E-state index in [1.165, 1.54) is 0 Å². The number of hydrogen-bond donors (Lipinski definition) is 1. The smallest absolute Gasteiger partial charge is 0.242 e. The highest BCUT2D eigenvalue weighted by Gasteiger charge is 2.26. The topological polar surface area (TPSA) is 49.4 Å². The fourth-order valence-electron chi connectivity index (χ4n) is 2.19. The van der Waals surface area contributed by atoms with Crippen LogP contribution in [-0.2, 0) is 16.1 Å². The molecule has 0 radical (unpaired) electrons. The van der Waals surface area contributed by atoms with E-state index in [2.05, 4.69) is 5.32 Å². The van der Waals surface area contributed by atoms with Crippen LogP contribution < -0.4 is 5.32 Å². The number of hydrogen-bond acceptors (Lipinski definition) is 2. The summed E-state index contributed by atoms with van der Waals surface area (Å²) >= 11 is 5.90. The van der Waals surface area contributed by atoms with Gasteiger partial charge in [0.25, 0.3) is 0 Å². The summed E-state index contributed by atoms with van der Waals surface area (Å²) in [5.41, 5.74) is 0.960. The van der Waals surface area contributed by atoms with E-state index in [0.717, 1.165) is 18.4 Å². The van der Waals surface area contributed by atoms with Crippen molar-refractivity contribution in [3.05, 3.63) is 34.9 Å². The SMILES string of the molecule is CCCC(=O)N(Cc1ccc(Cl)cc1)C(C)C(=O)NC(C)CC. The molecule has 0 bridgehead atoms. The van der Waals surface area contributed by atoms with Gasteiger partial charge in [0, 0.05) is 24.0 Å². The van der Waals surface area contributed by atoms with Crippen LogP contribution in [0.5, 0.6) is 0 Å². The molecule has 1 aromatic rings. The van der Waals surface area contributed by atoms with E-state index in [-0.39, 0.29) is 17.9 Å². The van der Waals surface area contributed by atoms with Crippen LogP contribution in [0.4, 0.5) is 0 Å². The van der Waals surface area contributed by atoms with E-state index in [1.54, 1.807) is 24.0 Å². The Morgan fingerprint density at radius 1 is 1.17 bits per heavy atom. The summed E-state index contributed by atoms with van der Waals surface area (Å²) in [4.78, 5) is 26.5. The number of nitrogens with one attached hydrogen (secondary N) is 1. The quantitative estimate of drug-likeness (QED) is 0.784. The zero-order valence-electron chi connectivity index (χ0n) is 14.4. The maximum Gasteiger partial charge on any atom is 0.242 e. The second kappa shape index (κ2) is 9.56. The lowest BCUT2D eigenvalue weighted by Crippen LogP contribution is -2.49. The number of halogens is 1. The maximum absolute atomic E-state index is 12.4. The molecule has 1 aromatic carbocycles. The number of carbonyl (C=O) groups is 2.